The number of carbonyl (C=O) groups is 1. The van der Waals surface area contributed by atoms with Crippen molar-refractivity contribution in [2.75, 3.05) is 4.90 Å². The van der Waals surface area contributed by atoms with Crippen LogP contribution in [0.15, 0.2) is 73.1 Å². The summed E-state index contributed by atoms with van der Waals surface area (Å²) >= 11 is 0. The summed E-state index contributed by atoms with van der Waals surface area (Å²) in [6.07, 6.45) is 3.31. The molecule has 0 aliphatic rings. The number of aromatic nitrogens is 1. The Kier molecular flexibility index (Phi) is 4.87. The van der Waals surface area contributed by atoms with E-state index in [4.69, 9.17) is 5.26 Å². The zero-order valence-corrected chi connectivity index (χ0v) is 13.9. The van der Waals surface area contributed by atoms with Crippen molar-refractivity contribution in [2.24, 2.45) is 0 Å². The predicted molar refractivity (Wildman–Crippen MR) is 97.1 cm³/mol. The molecule has 0 saturated heterocycles. The molecule has 3 aromatic rings. The van der Waals surface area contributed by atoms with Gasteiger partial charge in [0.15, 0.2) is 0 Å². The van der Waals surface area contributed by atoms with Gasteiger partial charge in [-0.15, -0.1) is 0 Å². The maximum absolute atomic E-state index is 13.2. The van der Waals surface area contributed by atoms with Crippen LogP contribution >= 0.6 is 0 Å². The Hall–Kier alpha value is -3.45. The number of nitrogens with zero attached hydrogens (tertiary/aromatic N) is 3. The van der Waals surface area contributed by atoms with E-state index in [0.29, 0.717) is 17.7 Å². The van der Waals surface area contributed by atoms with E-state index >= 15 is 0 Å². The van der Waals surface area contributed by atoms with Crippen molar-refractivity contribution in [2.45, 2.75) is 13.5 Å². The minimum absolute atomic E-state index is 0.0894. The smallest absolute Gasteiger partial charge is 0.258 e. The number of carbonyl (C=O) groups excluding carboxylic acids is 1. The van der Waals surface area contributed by atoms with Crippen LogP contribution < -0.4 is 4.90 Å². The molecule has 1 heterocycles. The fourth-order valence-corrected chi connectivity index (χ4v) is 2.62. The van der Waals surface area contributed by atoms with Gasteiger partial charge in [-0.2, -0.15) is 5.26 Å². The van der Waals surface area contributed by atoms with Crippen LogP contribution in [0.2, 0.25) is 0 Å². The number of rotatable bonds is 4. The number of nitriles is 1. The quantitative estimate of drug-likeness (QED) is 0.724. The van der Waals surface area contributed by atoms with Crippen molar-refractivity contribution in [1.29, 1.82) is 5.26 Å². The fourth-order valence-electron chi connectivity index (χ4n) is 2.62. The Morgan fingerprint density at radius 3 is 2.44 bits per heavy atom. The summed E-state index contributed by atoms with van der Waals surface area (Å²) in [7, 11) is 0. The third-order valence-corrected chi connectivity index (χ3v) is 3.99. The molecule has 0 spiro atoms. The summed E-state index contributed by atoms with van der Waals surface area (Å²) in [5, 5.41) is 8.99. The zero-order valence-electron chi connectivity index (χ0n) is 13.9. The average molecular weight is 327 g/mol. The van der Waals surface area contributed by atoms with E-state index in [1.807, 2.05) is 37.3 Å². The summed E-state index contributed by atoms with van der Waals surface area (Å²) in [4.78, 5) is 18.9. The highest BCUT2D eigenvalue weighted by atomic mass is 16.2. The number of aryl methyl sites for hydroxylation is 1. The molecule has 1 amide bonds. The first-order valence-corrected chi connectivity index (χ1v) is 7.95. The van der Waals surface area contributed by atoms with Crippen LogP contribution in [-0.2, 0) is 6.54 Å². The lowest BCUT2D eigenvalue weighted by Gasteiger charge is -2.24. The van der Waals surface area contributed by atoms with Gasteiger partial charge in [-0.25, -0.2) is 0 Å². The molecule has 0 fully saturated rings. The average Bonchev–Trinajstić information content (AvgIpc) is 2.67. The minimum Gasteiger partial charge on any atom is -0.304 e. The summed E-state index contributed by atoms with van der Waals surface area (Å²) in [5.41, 5.74) is 3.81. The molecule has 0 bridgehead atoms. The van der Waals surface area contributed by atoms with E-state index in [2.05, 4.69) is 11.1 Å². The second-order valence-electron chi connectivity index (χ2n) is 5.73. The van der Waals surface area contributed by atoms with Crippen LogP contribution in [-0.4, -0.2) is 10.9 Å². The Balaban J connectivity index is 2.00. The normalized spacial score (nSPS) is 10.1. The molecule has 4 heteroatoms. The molecular formula is C21H17N3O. The van der Waals surface area contributed by atoms with Crippen LogP contribution in [0, 0.1) is 18.3 Å². The molecule has 0 saturated carbocycles. The molecule has 1 aromatic heterocycles. The first-order valence-electron chi connectivity index (χ1n) is 7.95. The summed E-state index contributed by atoms with van der Waals surface area (Å²) < 4.78 is 0. The van der Waals surface area contributed by atoms with Crippen LogP contribution in [0.1, 0.15) is 27.0 Å². The Bertz CT molecular complexity index is 912. The summed E-state index contributed by atoms with van der Waals surface area (Å²) in [6, 6.07) is 20.7. The SMILES string of the molecule is Cc1cnccc1C(=O)N(Cc1ccccc1)c1ccc(C#N)cc1. The Morgan fingerprint density at radius 1 is 1.08 bits per heavy atom. The highest BCUT2D eigenvalue weighted by molar-refractivity contribution is 6.06. The predicted octanol–water partition coefficient (Wildman–Crippen LogP) is 4.11. The molecular weight excluding hydrogens is 310 g/mol. The number of hydrogen-bond donors (Lipinski definition) is 0. The standard InChI is InChI=1S/C21H17N3O/c1-16-14-23-12-11-20(16)21(25)24(15-18-5-3-2-4-6-18)19-9-7-17(13-22)8-10-19/h2-12,14H,15H2,1H3. The third kappa shape index (κ3) is 3.73. The zero-order chi connectivity index (χ0) is 17.6. The Morgan fingerprint density at radius 2 is 1.80 bits per heavy atom. The van der Waals surface area contributed by atoms with E-state index in [9.17, 15) is 4.79 Å². The van der Waals surface area contributed by atoms with Gasteiger partial charge >= 0.3 is 0 Å². The maximum atomic E-state index is 13.2. The summed E-state index contributed by atoms with van der Waals surface area (Å²) in [6.45, 7) is 2.33. The van der Waals surface area contributed by atoms with E-state index in [1.165, 1.54) is 0 Å². The maximum Gasteiger partial charge on any atom is 0.258 e. The summed E-state index contributed by atoms with van der Waals surface area (Å²) in [5.74, 6) is -0.0894. The van der Waals surface area contributed by atoms with Gasteiger partial charge in [0.25, 0.3) is 5.91 Å². The van der Waals surface area contributed by atoms with Gasteiger partial charge in [-0.05, 0) is 48.4 Å². The first kappa shape index (κ1) is 16.4. The second-order valence-corrected chi connectivity index (χ2v) is 5.73. The molecule has 0 atom stereocenters. The molecule has 0 N–H and O–H groups in total. The number of amides is 1. The van der Waals surface area contributed by atoms with Gasteiger partial charge in [0.2, 0.25) is 0 Å². The van der Waals surface area contributed by atoms with Gasteiger partial charge in [0.05, 0.1) is 18.2 Å². The highest BCUT2D eigenvalue weighted by Gasteiger charge is 2.19. The van der Waals surface area contributed by atoms with Crippen LogP contribution in [0.3, 0.4) is 0 Å². The van der Waals surface area contributed by atoms with Crippen LogP contribution in [0.4, 0.5) is 5.69 Å². The third-order valence-electron chi connectivity index (χ3n) is 3.99. The molecule has 4 nitrogen and oxygen atoms in total. The molecule has 0 aliphatic heterocycles. The molecule has 122 valence electrons. The molecule has 0 radical (unpaired) electrons. The van der Waals surface area contributed by atoms with E-state index in [1.54, 1.807) is 47.6 Å². The lowest BCUT2D eigenvalue weighted by Crippen LogP contribution is -2.31. The lowest BCUT2D eigenvalue weighted by atomic mass is 10.1. The second kappa shape index (κ2) is 7.41. The Labute approximate surface area is 147 Å². The van der Waals surface area contributed by atoms with Gasteiger partial charge in [-0.3, -0.25) is 9.78 Å². The van der Waals surface area contributed by atoms with Gasteiger partial charge in [-0.1, -0.05) is 30.3 Å². The van der Waals surface area contributed by atoms with E-state index in [0.717, 1.165) is 16.8 Å². The molecule has 0 unspecified atom stereocenters. The number of anilines is 1. The van der Waals surface area contributed by atoms with Gasteiger partial charge in [0.1, 0.15) is 0 Å². The number of benzene rings is 2. The lowest BCUT2D eigenvalue weighted by molar-refractivity contribution is 0.0984. The largest absolute Gasteiger partial charge is 0.304 e. The number of hydrogen-bond acceptors (Lipinski definition) is 3. The van der Waals surface area contributed by atoms with Crippen LogP contribution in [0.5, 0.6) is 0 Å². The van der Waals surface area contributed by atoms with Crippen LogP contribution in [0.25, 0.3) is 0 Å². The highest BCUT2D eigenvalue weighted by Crippen LogP contribution is 2.22. The molecule has 0 aliphatic carbocycles. The van der Waals surface area contributed by atoms with Crippen molar-refractivity contribution >= 4 is 11.6 Å². The van der Waals surface area contributed by atoms with Crippen molar-refractivity contribution in [3.05, 3.63) is 95.3 Å². The van der Waals surface area contributed by atoms with Crippen molar-refractivity contribution < 1.29 is 4.79 Å². The minimum atomic E-state index is -0.0894. The number of pyridine rings is 1. The van der Waals surface area contributed by atoms with Crippen molar-refractivity contribution in [3.63, 3.8) is 0 Å². The van der Waals surface area contributed by atoms with Gasteiger partial charge in [0, 0.05) is 23.6 Å². The van der Waals surface area contributed by atoms with Gasteiger partial charge < -0.3 is 4.90 Å². The topological polar surface area (TPSA) is 57.0 Å². The van der Waals surface area contributed by atoms with E-state index in [-0.39, 0.29) is 5.91 Å². The first-order chi connectivity index (χ1) is 12.2. The van der Waals surface area contributed by atoms with E-state index < -0.39 is 0 Å². The molecule has 25 heavy (non-hydrogen) atoms. The molecule has 2 aromatic carbocycles. The van der Waals surface area contributed by atoms with Crippen molar-refractivity contribution in [3.8, 4) is 6.07 Å². The van der Waals surface area contributed by atoms with Crippen molar-refractivity contribution in [1.82, 2.24) is 4.98 Å². The molecule has 3 rings (SSSR count). The monoisotopic (exact) mass is 327 g/mol. The fraction of sp³-hybridized carbons (Fsp3) is 0.0952.